The predicted octanol–water partition coefficient (Wildman–Crippen LogP) is 2.17. The lowest BCUT2D eigenvalue weighted by Gasteiger charge is -2.55. The van der Waals surface area contributed by atoms with E-state index in [1.54, 1.807) is 4.90 Å². The standard InChI is InChI=1S/C18H20N2O6/c21-16(22)9-26-18(25)19(11-5-6-11)14-8-15-12(14)7-10-3-1-2-4-13(10)20(15)17(23)24/h1-4,11-12,14-15H,5-9H2,(H,21,22)(H,23,24). The van der Waals surface area contributed by atoms with Gasteiger partial charge in [0.2, 0.25) is 0 Å². The van der Waals surface area contributed by atoms with Gasteiger partial charge in [0.1, 0.15) is 0 Å². The van der Waals surface area contributed by atoms with Gasteiger partial charge in [0.05, 0.1) is 5.69 Å². The normalized spacial score (nSPS) is 26.2. The maximum absolute atomic E-state index is 12.4. The molecule has 26 heavy (non-hydrogen) atoms. The highest BCUT2D eigenvalue weighted by atomic mass is 16.6. The number of nitrogens with zero attached hydrogens (tertiary/aromatic N) is 2. The van der Waals surface area contributed by atoms with E-state index in [9.17, 15) is 19.5 Å². The van der Waals surface area contributed by atoms with Crippen LogP contribution in [0.3, 0.4) is 0 Å². The zero-order valence-corrected chi connectivity index (χ0v) is 14.1. The van der Waals surface area contributed by atoms with Gasteiger partial charge in [-0.05, 0) is 37.3 Å². The molecule has 3 atom stereocenters. The summed E-state index contributed by atoms with van der Waals surface area (Å²) in [4.78, 5) is 37.9. The molecule has 1 aromatic rings. The van der Waals surface area contributed by atoms with E-state index >= 15 is 0 Å². The number of para-hydroxylation sites is 1. The van der Waals surface area contributed by atoms with Crippen LogP contribution < -0.4 is 4.90 Å². The second-order valence-electron chi connectivity index (χ2n) is 7.11. The van der Waals surface area contributed by atoms with Crippen molar-refractivity contribution in [3.63, 3.8) is 0 Å². The van der Waals surface area contributed by atoms with Gasteiger partial charge in [0.15, 0.2) is 6.61 Å². The molecule has 3 unspecified atom stereocenters. The summed E-state index contributed by atoms with van der Waals surface area (Å²) in [6.45, 7) is -0.660. The quantitative estimate of drug-likeness (QED) is 0.852. The van der Waals surface area contributed by atoms with Crippen molar-refractivity contribution in [2.75, 3.05) is 11.5 Å². The summed E-state index contributed by atoms with van der Waals surface area (Å²) >= 11 is 0. The first-order valence-electron chi connectivity index (χ1n) is 8.74. The van der Waals surface area contributed by atoms with E-state index in [1.165, 1.54) is 4.90 Å². The first-order chi connectivity index (χ1) is 12.5. The number of amides is 2. The van der Waals surface area contributed by atoms with E-state index in [0.29, 0.717) is 18.5 Å². The van der Waals surface area contributed by atoms with Gasteiger partial charge in [-0.15, -0.1) is 0 Å². The zero-order valence-electron chi connectivity index (χ0n) is 14.1. The smallest absolute Gasteiger partial charge is 0.412 e. The Kier molecular flexibility index (Phi) is 3.97. The molecule has 8 heteroatoms. The molecule has 0 bridgehead atoms. The van der Waals surface area contributed by atoms with Crippen LogP contribution in [0, 0.1) is 5.92 Å². The molecule has 2 fully saturated rings. The molecule has 2 saturated carbocycles. The van der Waals surface area contributed by atoms with E-state index in [0.717, 1.165) is 18.4 Å². The fourth-order valence-corrected chi connectivity index (χ4v) is 4.25. The fourth-order valence-electron chi connectivity index (χ4n) is 4.25. The van der Waals surface area contributed by atoms with Crippen molar-refractivity contribution in [3.8, 4) is 0 Å². The second kappa shape index (κ2) is 6.19. The number of anilines is 1. The predicted molar refractivity (Wildman–Crippen MR) is 90.2 cm³/mol. The Balaban J connectivity index is 1.56. The maximum Gasteiger partial charge on any atom is 0.412 e. The largest absolute Gasteiger partial charge is 0.479 e. The van der Waals surface area contributed by atoms with Gasteiger partial charge in [-0.1, -0.05) is 18.2 Å². The van der Waals surface area contributed by atoms with Gasteiger partial charge < -0.3 is 19.8 Å². The second-order valence-corrected chi connectivity index (χ2v) is 7.11. The number of hydrogen-bond acceptors (Lipinski definition) is 4. The summed E-state index contributed by atoms with van der Waals surface area (Å²) in [5.74, 6) is -1.19. The Hall–Kier alpha value is -2.77. The summed E-state index contributed by atoms with van der Waals surface area (Å²) < 4.78 is 4.90. The minimum atomic E-state index is -1.19. The number of carboxylic acid groups (broad SMARTS) is 2. The van der Waals surface area contributed by atoms with E-state index in [2.05, 4.69) is 0 Å². The first-order valence-corrected chi connectivity index (χ1v) is 8.74. The summed E-state index contributed by atoms with van der Waals surface area (Å²) in [6.07, 6.45) is 1.38. The van der Waals surface area contributed by atoms with Crippen LogP contribution >= 0.6 is 0 Å². The SMILES string of the molecule is O=C(O)COC(=O)N(C1CC1)C1CC2C1Cc1ccccc1N2C(=O)O. The Morgan fingerprint density at radius 3 is 2.58 bits per heavy atom. The number of benzene rings is 1. The molecule has 0 radical (unpaired) electrons. The topological polar surface area (TPSA) is 107 Å². The lowest BCUT2D eigenvalue weighted by atomic mass is 9.67. The third-order valence-corrected chi connectivity index (χ3v) is 5.54. The summed E-state index contributed by atoms with van der Waals surface area (Å²) in [7, 11) is 0. The monoisotopic (exact) mass is 360 g/mol. The van der Waals surface area contributed by atoms with Crippen molar-refractivity contribution < 1.29 is 29.3 Å². The van der Waals surface area contributed by atoms with E-state index in [1.807, 2.05) is 24.3 Å². The number of carbonyl (C=O) groups excluding carboxylic acids is 1. The number of hydrogen-bond donors (Lipinski definition) is 2. The van der Waals surface area contributed by atoms with Crippen molar-refractivity contribution in [2.24, 2.45) is 5.92 Å². The zero-order chi connectivity index (χ0) is 18.4. The average molecular weight is 360 g/mol. The molecular formula is C18H20N2O6. The van der Waals surface area contributed by atoms with Crippen LogP contribution in [0.5, 0.6) is 0 Å². The van der Waals surface area contributed by atoms with Crippen LogP contribution in [-0.4, -0.2) is 58.0 Å². The van der Waals surface area contributed by atoms with E-state index < -0.39 is 24.8 Å². The number of fused-ring (bicyclic) bond motifs is 2. The van der Waals surface area contributed by atoms with Gasteiger partial charge in [-0.2, -0.15) is 0 Å². The number of carbonyl (C=O) groups is 3. The Bertz CT molecular complexity index is 762. The van der Waals surface area contributed by atoms with Crippen molar-refractivity contribution in [1.82, 2.24) is 4.90 Å². The van der Waals surface area contributed by atoms with Crippen LogP contribution in [0.4, 0.5) is 15.3 Å². The lowest BCUT2D eigenvalue weighted by Crippen LogP contribution is -2.66. The van der Waals surface area contributed by atoms with Crippen LogP contribution in [0.25, 0.3) is 0 Å². The molecule has 2 N–H and O–H groups in total. The first kappa shape index (κ1) is 16.7. The fraction of sp³-hybridized carbons (Fsp3) is 0.500. The van der Waals surface area contributed by atoms with Crippen molar-refractivity contribution >= 4 is 23.8 Å². The van der Waals surface area contributed by atoms with Crippen LogP contribution in [0.1, 0.15) is 24.8 Å². The Morgan fingerprint density at radius 2 is 1.92 bits per heavy atom. The summed E-state index contributed by atoms with van der Waals surface area (Å²) in [5.41, 5.74) is 1.67. The molecule has 1 heterocycles. The van der Waals surface area contributed by atoms with Crippen LogP contribution in [0.15, 0.2) is 24.3 Å². The molecule has 1 aromatic carbocycles. The van der Waals surface area contributed by atoms with E-state index in [4.69, 9.17) is 9.84 Å². The lowest BCUT2D eigenvalue weighted by molar-refractivity contribution is -0.140. The highest BCUT2D eigenvalue weighted by Crippen LogP contribution is 2.48. The molecule has 0 saturated heterocycles. The molecule has 2 aliphatic carbocycles. The van der Waals surface area contributed by atoms with Gasteiger partial charge in [-0.3, -0.25) is 4.90 Å². The van der Waals surface area contributed by atoms with Gasteiger partial charge in [0, 0.05) is 24.0 Å². The minimum Gasteiger partial charge on any atom is -0.479 e. The number of ether oxygens (including phenoxy) is 1. The highest BCUT2D eigenvalue weighted by molar-refractivity contribution is 5.89. The molecule has 2 amide bonds. The third kappa shape index (κ3) is 2.75. The van der Waals surface area contributed by atoms with Crippen LogP contribution in [-0.2, 0) is 16.0 Å². The highest BCUT2D eigenvalue weighted by Gasteiger charge is 2.55. The number of rotatable bonds is 4. The van der Waals surface area contributed by atoms with Crippen LogP contribution in [0.2, 0.25) is 0 Å². The molecular weight excluding hydrogens is 340 g/mol. The maximum atomic E-state index is 12.4. The molecule has 3 aliphatic rings. The summed E-state index contributed by atoms with van der Waals surface area (Å²) in [6, 6.07) is 7.22. The molecule has 4 rings (SSSR count). The van der Waals surface area contributed by atoms with Gasteiger partial charge in [-0.25, -0.2) is 14.4 Å². The Morgan fingerprint density at radius 1 is 1.19 bits per heavy atom. The minimum absolute atomic E-state index is 0.000946. The molecule has 8 nitrogen and oxygen atoms in total. The molecule has 0 spiro atoms. The molecule has 138 valence electrons. The molecule has 1 aliphatic heterocycles. The summed E-state index contributed by atoms with van der Waals surface area (Å²) in [5, 5.41) is 18.4. The Labute approximate surface area is 149 Å². The number of aliphatic carboxylic acids is 1. The van der Waals surface area contributed by atoms with E-state index in [-0.39, 0.29) is 24.0 Å². The van der Waals surface area contributed by atoms with Crippen molar-refractivity contribution in [1.29, 1.82) is 0 Å². The average Bonchev–Trinajstić information content (AvgIpc) is 3.41. The van der Waals surface area contributed by atoms with Crippen molar-refractivity contribution in [3.05, 3.63) is 29.8 Å². The third-order valence-electron chi connectivity index (χ3n) is 5.54. The van der Waals surface area contributed by atoms with Gasteiger partial charge >= 0.3 is 18.2 Å². The number of carboxylic acids is 1. The van der Waals surface area contributed by atoms with Gasteiger partial charge in [0.25, 0.3) is 0 Å². The molecule has 0 aromatic heterocycles. The van der Waals surface area contributed by atoms with Crippen molar-refractivity contribution in [2.45, 2.75) is 43.8 Å².